The topological polar surface area (TPSA) is 58.0 Å². The number of piperazine rings is 1. The molecule has 1 amide bonds. The zero-order chi connectivity index (χ0) is 19.4. The summed E-state index contributed by atoms with van der Waals surface area (Å²) >= 11 is 5.39. The molecule has 3 rings (SSSR count). The van der Waals surface area contributed by atoms with E-state index in [4.69, 9.17) is 12.2 Å². The lowest BCUT2D eigenvalue weighted by Gasteiger charge is -2.33. The fraction of sp³-hybridized carbons (Fsp3) is 0.529. The molecule has 1 saturated carbocycles. The van der Waals surface area contributed by atoms with Gasteiger partial charge in [0.2, 0.25) is 0 Å². The minimum Gasteiger partial charge on any atom is -0.406 e. The van der Waals surface area contributed by atoms with Crippen molar-refractivity contribution in [2.75, 3.05) is 38.0 Å². The molecule has 0 bridgehead atoms. The minimum absolute atomic E-state index is 0.179. The molecule has 0 atom stereocenters. The van der Waals surface area contributed by atoms with Crippen LogP contribution in [0.5, 0.6) is 5.75 Å². The van der Waals surface area contributed by atoms with Crippen LogP contribution in [0.2, 0.25) is 0 Å². The highest BCUT2D eigenvalue weighted by molar-refractivity contribution is 7.80. The van der Waals surface area contributed by atoms with Gasteiger partial charge >= 0.3 is 6.36 Å². The Morgan fingerprint density at radius 2 is 1.85 bits per heavy atom. The SMILES string of the molecule is O=C(C[NH+]1CCN(C(=S)NC2CC2)CC1)Nc1ccc(OC(F)(F)F)cc1. The minimum atomic E-state index is -4.73. The molecule has 2 fully saturated rings. The van der Waals surface area contributed by atoms with Crippen molar-refractivity contribution >= 4 is 28.9 Å². The maximum atomic E-state index is 12.2. The van der Waals surface area contributed by atoms with E-state index in [2.05, 4.69) is 20.3 Å². The predicted octanol–water partition coefficient (Wildman–Crippen LogP) is 0.761. The number of carbonyl (C=O) groups is 1. The number of nitrogens with zero attached hydrogens (tertiary/aromatic N) is 1. The third-order valence-corrected chi connectivity index (χ3v) is 4.82. The van der Waals surface area contributed by atoms with Gasteiger partial charge in [0.15, 0.2) is 11.7 Å². The number of ether oxygens (including phenoxy) is 1. The Kier molecular flexibility index (Phi) is 6.05. The van der Waals surface area contributed by atoms with Crippen LogP contribution in [0.25, 0.3) is 0 Å². The van der Waals surface area contributed by atoms with Crippen LogP contribution in [0.1, 0.15) is 12.8 Å². The van der Waals surface area contributed by atoms with Gasteiger partial charge in [0.05, 0.1) is 26.2 Å². The first-order valence-electron chi connectivity index (χ1n) is 8.83. The van der Waals surface area contributed by atoms with Crippen LogP contribution in [-0.2, 0) is 4.79 Å². The molecule has 1 saturated heterocycles. The summed E-state index contributed by atoms with van der Waals surface area (Å²) in [5.74, 6) is -0.500. The molecule has 0 radical (unpaired) electrons. The summed E-state index contributed by atoms with van der Waals surface area (Å²) in [6, 6.07) is 5.63. The third kappa shape index (κ3) is 6.55. The van der Waals surface area contributed by atoms with Crippen molar-refractivity contribution in [3.63, 3.8) is 0 Å². The highest BCUT2D eigenvalue weighted by Crippen LogP contribution is 2.23. The van der Waals surface area contributed by atoms with Gasteiger partial charge in [-0.1, -0.05) is 0 Å². The number of thiocarbonyl (C=S) groups is 1. The van der Waals surface area contributed by atoms with E-state index in [1.165, 1.54) is 37.1 Å². The summed E-state index contributed by atoms with van der Waals surface area (Å²) in [7, 11) is 0. The van der Waals surface area contributed by atoms with E-state index in [1.54, 1.807) is 0 Å². The fourth-order valence-corrected chi connectivity index (χ4v) is 3.22. The number of anilines is 1. The van der Waals surface area contributed by atoms with Crippen molar-refractivity contribution in [1.82, 2.24) is 10.2 Å². The Labute approximate surface area is 160 Å². The molecule has 0 aromatic heterocycles. The molecule has 27 heavy (non-hydrogen) atoms. The van der Waals surface area contributed by atoms with E-state index in [-0.39, 0.29) is 11.7 Å². The normalized spacial score (nSPS) is 18.1. The Hall–Kier alpha value is -2.07. The smallest absolute Gasteiger partial charge is 0.406 e. The average molecular weight is 403 g/mol. The number of hydrogen-bond acceptors (Lipinski definition) is 3. The molecule has 2 aliphatic rings. The van der Waals surface area contributed by atoms with Crippen molar-refractivity contribution in [1.29, 1.82) is 0 Å². The maximum Gasteiger partial charge on any atom is 0.573 e. The molecule has 0 unspecified atom stereocenters. The Bertz CT molecular complexity index is 672. The first-order chi connectivity index (χ1) is 12.8. The van der Waals surface area contributed by atoms with Gasteiger partial charge in [-0.05, 0) is 49.3 Å². The molecule has 3 N–H and O–H groups in total. The van der Waals surface area contributed by atoms with E-state index in [0.717, 1.165) is 36.2 Å². The van der Waals surface area contributed by atoms with Crippen LogP contribution in [0.15, 0.2) is 24.3 Å². The lowest BCUT2D eigenvalue weighted by Crippen LogP contribution is -3.15. The second kappa shape index (κ2) is 8.30. The molecule has 0 spiro atoms. The van der Waals surface area contributed by atoms with Crippen LogP contribution >= 0.6 is 12.2 Å². The van der Waals surface area contributed by atoms with Gasteiger partial charge in [-0.25, -0.2) is 0 Å². The van der Waals surface area contributed by atoms with E-state index in [1.807, 2.05) is 0 Å². The van der Waals surface area contributed by atoms with Crippen LogP contribution in [0.3, 0.4) is 0 Å². The van der Waals surface area contributed by atoms with E-state index < -0.39 is 6.36 Å². The van der Waals surface area contributed by atoms with Crippen LogP contribution in [0, 0.1) is 0 Å². The second-order valence-electron chi connectivity index (χ2n) is 6.76. The number of quaternary nitrogens is 1. The molecule has 1 aromatic rings. The van der Waals surface area contributed by atoms with E-state index in [9.17, 15) is 18.0 Å². The van der Waals surface area contributed by atoms with E-state index in [0.29, 0.717) is 18.3 Å². The predicted molar refractivity (Wildman–Crippen MR) is 97.6 cm³/mol. The van der Waals surface area contributed by atoms with Gasteiger partial charge in [0, 0.05) is 11.7 Å². The van der Waals surface area contributed by atoms with Gasteiger partial charge in [-0.3, -0.25) is 4.79 Å². The lowest BCUT2D eigenvalue weighted by molar-refractivity contribution is -0.895. The van der Waals surface area contributed by atoms with Gasteiger partial charge in [-0.15, -0.1) is 13.2 Å². The van der Waals surface area contributed by atoms with Crippen molar-refractivity contribution in [3.8, 4) is 5.75 Å². The van der Waals surface area contributed by atoms with Crippen LogP contribution in [-0.4, -0.2) is 61.0 Å². The molecule has 1 aliphatic heterocycles. The average Bonchev–Trinajstić information content (AvgIpc) is 3.40. The highest BCUT2D eigenvalue weighted by atomic mass is 32.1. The molecule has 6 nitrogen and oxygen atoms in total. The second-order valence-corrected chi connectivity index (χ2v) is 7.14. The largest absolute Gasteiger partial charge is 0.573 e. The summed E-state index contributed by atoms with van der Waals surface area (Å²) in [5, 5.41) is 6.81. The number of carbonyl (C=O) groups excluding carboxylic acids is 1. The highest BCUT2D eigenvalue weighted by Gasteiger charge is 2.31. The molecular formula is C17H22F3N4O2S+. The Balaban J connectivity index is 1.40. The lowest BCUT2D eigenvalue weighted by atomic mass is 10.3. The molecule has 1 aromatic carbocycles. The van der Waals surface area contributed by atoms with Crippen LogP contribution in [0.4, 0.5) is 18.9 Å². The number of benzene rings is 1. The van der Waals surface area contributed by atoms with Gasteiger partial charge < -0.3 is 25.2 Å². The third-order valence-electron chi connectivity index (χ3n) is 4.44. The summed E-state index contributed by atoms with van der Waals surface area (Å²) in [5.41, 5.74) is 0.433. The van der Waals surface area contributed by atoms with E-state index >= 15 is 0 Å². The standard InChI is InChI=1S/C17H21F3N4O2S/c18-17(19,20)26-14-5-3-12(4-6-14)21-15(25)11-23-7-9-24(10-8-23)16(27)22-13-1-2-13/h3-6,13H,1-2,7-11H2,(H,21,25)(H,22,27)/p+1. The summed E-state index contributed by atoms with van der Waals surface area (Å²) in [6.07, 6.45) is -2.38. The van der Waals surface area contributed by atoms with Crippen molar-refractivity contribution < 1.29 is 27.6 Å². The number of alkyl halides is 3. The molecular weight excluding hydrogens is 381 g/mol. The quantitative estimate of drug-likeness (QED) is 0.634. The first kappa shape index (κ1) is 19.7. The van der Waals surface area contributed by atoms with Gasteiger partial charge in [-0.2, -0.15) is 0 Å². The number of hydrogen-bond donors (Lipinski definition) is 3. The zero-order valence-electron chi connectivity index (χ0n) is 14.6. The van der Waals surface area contributed by atoms with Gasteiger partial charge in [0.1, 0.15) is 5.75 Å². The molecule has 1 aliphatic carbocycles. The molecule has 10 heteroatoms. The molecule has 1 heterocycles. The maximum absolute atomic E-state index is 12.2. The molecule has 148 valence electrons. The number of amides is 1. The number of nitrogens with one attached hydrogen (secondary N) is 3. The summed E-state index contributed by atoms with van der Waals surface area (Å²) in [4.78, 5) is 15.5. The van der Waals surface area contributed by atoms with Crippen LogP contribution < -0.4 is 20.3 Å². The Morgan fingerprint density at radius 1 is 1.22 bits per heavy atom. The zero-order valence-corrected chi connectivity index (χ0v) is 15.5. The fourth-order valence-electron chi connectivity index (χ4n) is 2.87. The van der Waals surface area contributed by atoms with Crippen molar-refractivity contribution in [2.45, 2.75) is 25.2 Å². The first-order valence-corrected chi connectivity index (χ1v) is 9.24. The number of halogens is 3. The van der Waals surface area contributed by atoms with Crippen molar-refractivity contribution in [3.05, 3.63) is 24.3 Å². The Morgan fingerprint density at radius 3 is 2.41 bits per heavy atom. The summed E-state index contributed by atoms with van der Waals surface area (Å²) < 4.78 is 40.2. The van der Waals surface area contributed by atoms with Gasteiger partial charge in [0.25, 0.3) is 5.91 Å². The monoisotopic (exact) mass is 403 g/mol. The summed E-state index contributed by atoms with van der Waals surface area (Å²) in [6.45, 7) is 3.50. The van der Waals surface area contributed by atoms with Crippen molar-refractivity contribution in [2.24, 2.45) is 0 Å². The number of rotatable bonds is 5.